The van der Waals surface area contributed by atoms with E-state index in [-0.39, 0.29) is 17.7 Å². The lowest BCUT2D eigenvalue weighted by atomic mass is 9.72. The van der Waals surface area contributed by atoms with Crippen LogP contribution >= 0.6 is 0 Å². The summed E-state index contributed by atoms with van der Waals surface area (Å²) in [5, 5.41) is 3.38. The number of sulfonamides is 1. The molecule has 3 aliphatic rings. The summed E-state index contributed by atoms with van der Waals surface area (Å²) in [6.45, 7) is 4.65. The number of carbonyl (C=O) groups excluding carboxylic acids is 1. The van der Waals surface area contributed by atoms with Gasteiger partial charge in [0, 0.05) is 19.1 Å². The second-order valence-corrected chi connectivity index (χ2v) is 11.6. The number of carbonyl (C=O) groups is 1. The average Bonchev–Trinajstić information content (AvgIpc) is 3.38. The van der Waals surface area contributed by atoms with Crippen LogP contribution in [0, 0.1) is 17.8 Å². The monoisotopic (exact) mass is 418 g/mol. The predicted molar refractivity (Wildman–Crippen MR) is 115 cm³/mol. The molecular weight excluding hydrogens is 384 g/mol. The summed E-state index contributed by atoms with van der Waals surface area (Å²) < 4.78 is 26.2. The zero-order valence-corrected chi connectivity index (χ0v) is 18.5. The van der Waals surface area contributed by atoms with Gasteiger partial charge >= 0.3 is 0 Å². The van der Waals surface area contributed by atoms with Crippen molar-refractivity contribution in [2.45, 2.75) is 63.8 Å². The molecule has 2 saturated carbocycles. The fourth-order valence-corrected chi connectivity index (χ4v) is 7.20. The van der Waals surface area contributed by atoms with Gasteiger partial charge in [-0.15, -0.1) is 0 Å². The lowest BCUT2D eigenvalue weighted by Crippen LogP contribution is -2.55. The summed E-state index contributed by atoms with van der Waals surface area (Å²) in [6, 6.07) is 10.1. The molecule has 2 bridgehead atoms. The lowest BCUT2D eigenvalue weighted by Gasteiger charge is -2.41. The third-order valence-electron chi connectivity index (χ3n) is 7.89. The SMILES string of the molecule is CCS(=O)(=O)N1CCC(C(=O)NC(C)C2CC3CCC2C3)(c2ccccc2)CC1. The molecule has 4 unspecified atom stereocenters. The van der Waals surface area contributed by atoms with Crippen LogP contribution in [0.5, 0.6) is 0 Å². The average molecular weight is 419 g/mol. The third-order valence-corrected chi connectivity index (χ3v) is 9.77. The van der Waals surface area contributed by atoms with Crippen LogP contribution in [-0.2, 0) is 20.2 Å². The van der Waals surface area contributed by atoms with Gasteiger partial charge in [0.15, 0.2) is 0 Å². The topological polar surface area (TPSA) is 66.5 Å². The molecule has 160 valence electrons. The van der Waals surface area contributed by atoms with Gasteiger partial charge in [0.1, 0.15) is 0 Å². The Hall–Kier alpha value is -1.40. The van der Waals surface area contributed by atoms with Crippen LogP contribution < -0.4 is 5.32 Å². The first kappa shape index (κ1) is 20.9. The van der Waals surface area contributed by atoms with Crippen molar-refractivity contribution < 1.29 is 13.2 Å². The number of piperidine rings is 1. The molecule has 1 aromatic rings. The van der Waals surface area contributed by atoms with E-state index in [2.05, 4.69) is 12.2 Å². The second kappa shape index (κ2) is 8.03. The van der Waals surface area contributed by atoms with Crippen LogP contribution in [-0.4, -0.2) is 43.5 Å². The normalized spacial score (nSPS) is 30.2. The Kier molecular flexibility index (Phi) is 5.77. The molecule has 0 spiro atoms. The zero-order valence-electron chi connectivity index (χ0n) is 17.6. The van der Waals surface area contributed by atoms with Crippen LogP contribution in [0.15, 0.2) is 30.3 Å². The highest BCUT2D eigenvalue weighted by Gasteiger charge is 2.47. The summed E-state index contributed by atoms with van der Waals surface area (Å²) in [4.78, 5) is 13.6. The van der Waals surface area contributed by atoms with Gasteiger partial charge < -0.3 is 5.32 Å². The number of fused-ring (bicyclic) bond motifs is 2. The number of amides is 1. The largest absolute Gasteiger partial charge is 0.353 e. The molecular formula is C23H34N2O3S. The van der Waals surface area contributed by atoms with E-state index in [0.29, 0.717) is 31.8 Å². The molecule has 3 fully saturated rings. The van der Waals surface area contributed by atoms with E-state index in [1.165, 1.54) is 25.7 Å². The maximum absolute atomic E-state index is 13.6. The molecule has 0 radical (unpaired) electrons. The molecule has 29 heavy (non-hydrogen) atoms. The molecule has 1 aliphatic heterocycles. The zero-order chi connectivity index (χ0) is 20.6. The van der Waals surface area contributed by atoms with Crippen molar-refractivity contribution in [3.63, 3.8) is 0 Å². The smallest absolute Gasteiger partial charge is 0.230 e. The summed E-state index contributed by atoms with van der Waals surface area (Å²) in [5.41, 5.74) is 0.360. The van der Waals surface area contributed by atoms with E-state index < -0.39 is 15.4 Å². The van der Waals surface area contributed by atoms with Crippen LogP contribution in [0.4, 0.5) is 0 Å². The third kappa shape index (κ3) is 3.86. The van der Waals surface area contributed by atoms with Gasteiger partial charge in [-0.3, -0.25) is 4.79 Å². The number of nitrogens with one attached hydrogen (secondary N) is 1. The predicted octanol–water partition coefficient (Wildman–Crippen LogP) is 3.31. The molecule has 1 aromatic carbocycles. The minimum Gasteiger partial charge on any atom is -0.353 e. The summed E-state index contributed by atoms with van der Waals surface area (Å²) >= 11 is 0. The Morgan fingerprint density at radius 3 is 2.41 bits per heavy atom. The maximum Gasteiger partial charge on any atom is 0.230 e. The molecule has 1 saturated heterocycles. The van der Waals surface area contributed by atoms with Crippen molar-refractivity contribution in [3.05, 3.63) is 35.9 Å². The van der Waals surface area contributed by atoms with Crippen molar-refractivity contribution >= 4 is 15.9 Å². The Balaban J connectivity index is 1.53. The van der Waals surface area contributed by atoms with Crippen LogP contribution in [0.25, 0.3) is 0 Å². The fraction of sp³-hybridized carbons (Fsp3) is 0.696. The van der Waals surface area contributed by atoms with E-state index in [1.807, 2.05) is 30.3 Å². The number of hydrogen-bond donors (Lipinski definition) is 1. The van der Waals surface area contributed by atoms with Crippen molar-refractivity contribution in [1.82, 2.24) is 9.62 Å². The number of benzene rings is 1. The first-order chi connectivity index (χ1) is 13.9. The van der Waals surface area contributed by atoms with Gasteiger partial charge in [0.05, 0.1) is 11.2 Å². The van der Waals surface area contributed by atoms with E-state index in [9.17, 15) is 13.2 Å². The summed E-state index contributed by atoms with van der Waals surface area (Å²) in [7, 11) is -3.22. The van der Waals surface area contributed by atoms with Crippen molar-refractivity contribution in [3.8, 4) is 0 Å². The van der Waals surface area contributed by atoms with Gasteiger partial charge in [-0.05, 0) is 69.3 Å². The van der Waals surface area contributed by atoms with Gasteiger partial charge in [-0.2, -0.15) is 0 Å². The number of nitrogens with zero attached hydrogens (tertiary/aromatic N) is 1. The Bertz CT molecular complexity index is 831. The quantitative estimate of drug-likeness (QED) is 0.771. The Labute approximate surface area is 175 Å². The van der Waals surface area contributed by atoms with E-state index >= 15 is 0 Å². The minimum absolute atomic E-state index is 0.0764. The highest BCUT2D eigenvalue weighted by Crippen LogP contribution is 2.49. The van der Waals surface area contributed by atoms with Crippen LogP contribution in [0.2, 0.25) is 0 Å². The van der Waals surface area contributed by atoms with Crippen LogP contribution in [0.1, 0.15) is 57.9 Å². The van der Waals surface area contributed by atoms with Gasteiger partial charge in [-0.1, -0.05) is 36.8 Å². The molecule has 1 amide bonds. The molecule has 6 heteroatoms. The van der Waals surface area contributed by atoms with Gasteiger partial charge in [0.2, 0.25) is 15.9 Å². The summed E-state index contributed by atoms with van der Waals surface area (Å²) in [6.07, 6.45) is 6.31. The van der Waals surface area contributed by atoms with Crippen LogP contribution in [0.3, 0.4) is 0 Å². The number of hydrogen-bond acceptors (Lipinski definition) is 3. The molecule has 0 aromatic heterocycles. The molecule has 4 atom stereocenters. The van der Waals surface area contributed by atoms with Crippen molar-refractivity contribution in [1.29, 1.82) is 0 Å². The molecule has 4 rings (SSSR count). The lowest BCUT2D eigenvalue weighted by molar-refractivity contribution is -0.129. The van der Waals surface area contributed by atoms with Crippen molar-refractivity contribution in [2.75, 3.05) is 18.8 Å². The second-order valence-electron chi connectivity index (χ2n) is 9.35. The molecule has 1 heterocycles. The first-order valence-electron chi connectivity index (χ1n) is 11.2. The Morgan fingerprint density at radius 1 is 1.17 bits per heavy atom. The molecule has 1 N–H and O–H groups in total. The minimum atomic E-state index is -3.22. The first-order valence-corrected chi connectivity index (χ1v) is 12.8. The highest BCUT2D eigenvalue weighted by molar-refractivity contribution is 7.89. The van der Waals surface area contributed by atoms with E-state index in [1.54, 1.807) is 11.2 Å². The molecule has 2 aliphatic carbocycles. The highest BCUT2D eigenvalue weighted by atomic mass is 32.2. The van der Waals surface area contributed by atoms with Crippen molar-refractivity contribution in [2.24, 2.45) is 17.8 Å². The van der Waals surface area contributed by atoms with Gasteiger partial charge in [-0.25, -0.2) is 12.7 Å². The standard InChI is InChI=1S/C23H34N2O3S/c1-3-29(27,28)25-13-11-23(12-14-25,20-7-5-4-6-8-20)22(26)24-17(2)21-16-18-9-10-19(21)15-18/h4-8,17-19,21H,3,9-16H2,1-2H3,(H,24,26). The summed E-state index contributed by atoms with van der Waals surface area (Å²) in [5.74, 6) is 2.40. The molecule has 5 nitrogen and oxygen atoms in total. The van der Waals surface area contributed by atoms with Gasteiger partial charge in [0.25, 0.3) is 0 Å². The van der Waals surface area contributed by atoms with E-state index in [4.69, 9.17) is 0 Å². The maximum atomic E-state index is 13.6. The number of rotatable bonds is 6. The fourth-order valence-electron chi connectivity index (χ4n) is 6.09. The van der Waals surface area contributed by atoms with E-state index in [0.717, 1.165) is 17.4 Å². The Morgan fingerprint density at radius 2 is 1.86 bits per heavy atom.